The average Bonchev–Trinajstić information content (AvgIpc) is 3.30. The molecule has 3 heterocycles. The molecule has 1 saturated heterocycles. The predicted octanol–water partition coefficient (Wildman–Crippen LogP) is 4.30. The first-order valence-electron chi connectivity index (χ1n) is 8.46. The monoisotopic (exact) mass is 349 g/mol. The molecule has 0 radical (unpaired) electrons. The van der Waals surface area contributed by atoms with Crippen molar-refractivity contribution in [3.63, 3.8) is 0 Å². The normalized spacial score (nSPS) is 16.6. The maximum Gasteiger partial charge on any atom is 0.227 e. The molecule has 0 spiro atoms. The molecule has 1 N–H and O–H groups in total. The number of nitrogens with zero attached hydrogens (tertiary/aromatic N) is 2. The lowest BCUT2D eigenvalue weighted by molar-refractivity contribution is -0.117. The molecule has 5 heteroatoms. The molecule has 124 valence electrons. The third kappa shape index (κ3) is 2.36. The molecule has 25 heavy (non-hydrogen) atoms. The molecule has 3 aromatic rings. The van der Waals surface area contributed by atoms with E-state index in [0.717, 1.165) is 51.5 Å². The standard InChI is InChI=1S/C20H16ClN3O/c21-14-4-6-17-13(8-14)9-18(23-17)20-16-10-15(5-3-12(16)11-22-20)24-7-1-2-19(24)25/h3-6,8-10,23H,1-2,7,11H2. The Morgan fingerprint density at radius 2 is 2.04 bits per heavy atom. The van der Waals surface area contributed by atoms with Gasteiger partial charge in [-0.3, -0.25) is 9.79 Å². The number of rotatable bonds is 2. The van der Waals surface area contributed by atoms with E-state index in [4.69, 9.17) is 16.6 Å². The summed E-state index contributed by atoms with van der Waals surface area (Å²) in [5.41, 5.74) is 6.25. The first-order chi connectivity index (χ1) is 12.2. The van der Waals surface area contributed by atoms with Crippen molar-refractivity contribution < 1.29 is 4.79 Å². The van der Waals surface area contributed by atoms with E-state index < -0.39 is 0 Å². The van der Waals surface area contributed by atoms with Crippen LogP contribution in [0.3, 0.4) is 0 Å². The number of hydrogen-bond donors (Lipinski definition) is 1. The van der Waals surface area contributed by atoms with Gasteiger partial charge in [0.15, 0.2) is 0 Å². The van der Waals surface area contributed by atoms with Crippen molar-refractivity contribution in [2.45, 2.75) is 19.4 Å². The van der Waals surface area contributed by atoms with E-state index in [0.29, 0.717) is 13.0 Å². The summed E-state index contributed by atoms with van der Waals surface area (Å²) in [5, 5.41) is 1.80. The Morgan fingerprint density at radius 3 is 2.88 bits per heavy atom. The summed E-state index contributed by atoms with van der Waals surface area (Å²) in [4.78, 5) is 22.1. The highest BCUT2D eigenvalue weighted by molar-refractivity contribution is 6.31. The van der Waals surface area contributed by atoms with Crippen molar-refractivity contribution in [3.05, 3.63) is 64.3 Å². The number of H-pyrrole nitrogens is 1. The molecular formula is C20H16ClN3O. The van der Waals surface area contributed by atoms with Crippen LogP contribution in [0.1, 0.15) is 29.7 Å². The van der Waals surface area contributed by atoms with E-state index in [1.165, 1.54) is 5.56 Å². The number of nitrogens with one attached hydrogen (secondary N) is 1. The van der Waals surface area contributed by atoms with Crippen LogP contribution in [0.15, 0.2) is 47.5 Å². The largest absolute Gasteiger partial charge is 0.353 e. The summed E-state index contributed by atoms with van der Waals surface area (Å²) >= 11 is 6.09. The van der Waals surface area contributed by atoms with E-state index >= 15 is 0 Å². The number of carbonyl (C=O) groups is 1. The van der Waals surface area contributed by atoms with Crippen LogP contribution in [0, 0.1) is 0 Å². The van der Waals surface area contributed by atoms with Gasteiger partial charge >= 0.3 is 0 Å². The number of fused-ring (bicyclic) bond motifs is 2. The van der Waals surface area contributed by atoms with E-state index in [1.807, 2.05) is 29.2 Å². The fraction of sp³-hybridized carbons (Fsp3) is 0.200. The molecule has 0 atom stereocenters. The molecule has 0 aliphatic carbocycles. The number of hydrogen-bond acceptors (Lipinski definition) is 2. The van der Waals surface area contributed by atoms with Crippen molar-refractivity contribution in [3.8, 4) is 0 Å². The average molecular weight is 350 g/mol. The van der Waals surface area contributed by atoms with Crippen LogP contribution in [0.5, 0.6) is 0 Å². The summed E-state index contributed by atoms with van der Waals surface area (Å²) in [6.07, 6.45) is 1.57. The van der Waals surface area contributed by atoms with Crippen molar-refractivity contribution >= 4 is 39.8 Å². The van der Waals surface area contributed by atoms with Crippen LogP contribution in [0.4, 0.5) is 5.69 Å². The molecular weight excluding hydrogens is 334 g/mol. The van der Waals surface area contributed by atoms with Crippen LogP contribution in [0.2, 0.25) is 5.02 Å². The number of benzene rings is 2. The number of carbonyl (C=O) groups excluding carboxylic acids is 1. The number of aliphatic imine (C=N–C) groups is 1. The topological polar surface area (TPSA) is 48.5 Å². The number of amides is 1. The Hall–Kier alpha value is -2.59. The zero-order valence-corrected chi connectivity index (χ0v) is 14.3. The van der Waals surface area contributed by atoms with E-state index in [9.17, 15) is 4.79 Å². The third-order valence-corrected chi connectivity index (χ3v) is 5.21. The Labute approximate surface area is 150 Å². The van der Waals surface area contributed by atoms with Gasteiger partial charge in [0, 0.05) is 40.1 Å². The van der Waals surface area contributed by atoms with Gasteiger partial charge in [-0.25, -0.2) is 0 Å². The minimum atomic E-state index is 0.205. The molecule has 1 amide bonds. The molecule has 2 aliphatic heterocycles. The highest BCUT2D eigenvalue weighted by atomic mass is 35.5. The molecule has 2 aliphatic rings. The summed E-state index contributed by atoms with van der Waals surface area (Å²) in [6, 6.07) is 14.1. The van der Waals surface area contributed by atoms with Gasteiger partial charge in [0.2, 0.25) is 5.91 Å². The second kappa shape index (κ2) is 5.46. The van der Waals surface area contributed by atoms with Gasteiger partial charge in [0.05, 0.1) is 18.0 Å². The van der Waals surface area contributed by atoms with Crippen molar-refractivity contribution in [1.82, 2.24) is 4.98 Å². The lowest BCUT2D eigenvalue weighted by atomic mass is 10.0. The van der Waals surface area contributed by atoms with Crippen LogP contribution in [-0.4, -0.2) is 23.1 Å². The van der Waals surface area contributed by atoms with Crippen molar-refractivity contribution in [1.29, 1.82) is 0 Å². The zero-order valence-electron chi connectivity index (χ0n) is 13.6. The first kappa shape index (κ1) is 14.7. The third-order valence-electron chi connectivity index (χ3n) is 4.98. The summed E-state index contributed by atoms with van der Waals surface area (Å²) < 4.78 is 0. The highest BCUT2D eigenvalue weighted by Crippen LogP contribution is 2.30. The SMILES string of the molecule is O=C1CCCN1c1ccc2c(c1)C(c1cc3cc(Cl)ccc3[nH]1)=NC2. The number of halogens is 1. The molecule has 4 nitrogen and oxygen atoms in total. The second-order valence-electron chi connectivity index (χ2n) is 6.57. The van der Waals surface area contributed by atoms with Crippen molar-refractivity contribution in [2.75, 3.05) is 11.4 Å². The van der Waals surface area contributed by atoms with E-state index in [-0.39, 0.29) is 5.91 Å². The van der Waals surface area contributed by atoms with Gasteiger partial charge in [-0.15, -0.1) is 0 Å². The quantitative estimate of drug-likeness (QED) is 0.736. The zero-order chi connectivity index (χ0) is 17.0. The summed E-state index contributed by atoms with van der Waals surface area (Å²) in [7, 11) is 0. The van der Waals surface area contributed by atoms with Crippen LogP contribution in [-0.2, 0) is 11.3 Å². The Morgan fingerprint density at radius 1 is 1.12 bits per heavy atom. The van der Waals surface area contributed by atoms with E-state index in [2.05, 4.69) is 23.2 Å². The Balaban J connectivity index is 1.58. The van der Waals surface area contributed by atoms with Crippen LogP contribution in [0.25, 0.3) is 10.9 Å². The maximum atomic E-state index is 12.1. The lowest BCUT2D eigenvalue weighted by Crippen LogP contribution is -2.23. The Bertz CT molecular complexity index is 1050. The minimum Gasteiger partial charge on any atom is -0.353 e. The minimum absolute atomic E-state index is 0.205. The molecule has 2 aromatic carbocycles. The second-order valence-corrected chi connectivity index (χ2v) is 7.01. The van der Waals surface area contributed by atoms with Gasteiger partial charge in [-0.2, -0.15) is 0 Å². The molecule has 5 rings (SSSR count). The fourth-order valence-corrected chi connectivity index (χ4v) is 3.90. The van der Waals surface area contributed by atoms with E-state index in [1.54, 1.807) is 0 Å². The van der Waals surface area contributed by atoms with Crippen LogP contribution < -0.4 is 4.90 Å². The fourth-order valence-electron chi connectivity index (χ4n) is 3.72. The van der Waals surface area contributed by atoms with Crippen molar-refractivity contribution in [2.24, 2.45) is 4.99 Å². The molecule has 0 saturated carbocycles. The predicted molar refractivity (Wildman–Crippen MR) is 101 cm³/mol. The maximum absolute atomic E-state index is 12.1. The molecule has 0 unspecified atom stereocenters. The lowest BCUT2D eigenvalue weighted by Gasteiger charge is -2.17. The van der Waals surface area contributed by atoms with Gasteiger partial charge in [0.1, 0.15) is 0 Å². The first-order valence-corrected chi connectivity index (χ1v) is 8.83. The molecule has 0 bridgehead atoms. The summed E-state index contributed by atoms with van der Waals surface area (Å²) in [5.74, 6) is 0.205. The van der Waals surface area contributed by atoms with Crippen LogP contribution >= 0.6 is 11.6 Å². The smallest absolute Gasteiger partial charge is 0.227 e. The highest BCUT2D eigenvalue weighted by Gasteiger charge is 2.25. The number of aromatic nitrogens is 1. The number of aromatic amines is 1. The Kier molecular flexibility index (Phi) is 3.22. The van der Waals surface area contributed by atoms with Gasteiger partial charge in [-0.05, 0) is 48.4 Å². The summed E-state index contributed by atoms with van der Waals surface area (Å²) in [6.45, 7) is 1.48. The van der Waals surface area contributed by atoms with Gasteiger partial charge in [-0.1, -0.05) is 17.7 Å². The molecule has 1 aromatic heterocycles. The van der Waals surface area contributed by atoms with Gasteiger partial charge in [0.25, 0.3) is 0 Å². The number of anilines is 1. The van der Waals surface area contributed by atoms with Gasteiger partial charge < -0.3 is 9.88 Å². The molecule has 1 fully saturated rings.